The molecule has 0 spiro atoms. The number of nitrogen functional groups attached to an aromatic ring is 1. The summed E-state index contributed by atoms with van der Waals surface area (Å²) in [4.78, 5) is 12.0. The van der Waals surface area contributed by atoms with Crippen molar-refractivity contribution in [1.29, 1.82) is 0 Å². The van der Waals surface area contributed by atoms with Gasteiger partial charge in [0.05, 0.1) is 0 Å². The SMILES string of the molecule is Nc1ccc(F)cc1C(=O)Cc1cc(F)ccc1Cl. The van der Waals surface area contributed by atoms with Gasteiger partial charge in [-0.25, -0.2) is 8.78 Å². The van der Waals surface area contributed by atoms with Crippen LogP contribution in [0.4, 0.5) is 14.5 Å². The van der Waals surface area contributed by atoms with Crippen molar-refractivity contribution in [2.45, 2.75) is 6.42 Å². The maximum Gasteiger partial charge on any atom is 0.169 e. The fourth-order valence-corrected chi connectivity index (χ4v) is 1.90. The highest BCUT2D eigenvalue weighted by molar-refractivity contribution is 6.31. The van der Waals surface area contributed by atoms with Gasteiger partial charge in [-0.3, -0.25) is 4.79 Å². The molecule has 0 atom stereocenters. The Labute approximate surface area is 113 Å². The van der Waals surface area contributed by atoms with Gasteiger partial charge >= 0.3 is 0 Å². The minimum atomic E-state index is -0.553. The summed E-state index contributed by atoms with van der Waals surface area (Å²) in [6, 6.07) is 7.29. The van der Waals surface area contributed by atoms with E-state index in [4.69, 9.17) is 17.3 Å². The lowest BCUT2D eigenvalue weighted by Crippen LogP contribution is -2.08. The molecule has 98 valence electrons. The van der Waals surface area contributed by atoms with E-state index >= 15 is 0 Å². The Morgan fingerprint density at radius 2 is 1.74 bits per heavy atom. The molecule has 0 aliphatic rings. The Kier molecular flexibility index (Phi) is 3.81. The van der Waals surface area contributed by atoms with Gasteiger partial charge in [0.1, 0.15) is 11.6 Å². The van der Waals surface area contributed by atoms with Crippen LogP contribution in [0.5, 0.6) is 0 Å². The van der Waals surface area contributed by atoms with E-state index in [-0.39, 0.29) is 22.7 Å². The Balaban J connectivity index is 2.30. The number of Topliss-reactive ketones (excluding diaryl/α,β-unsaturated/α-hetero) is 1. The van der Waals surface area contributed by atoms with Crippen molar-refractivity contribution in [1.82, 2.24) is 0 Å². The van der Waals surface area contributed by atoms with E-state index in [0.717, 1.165) is 6.07 Å². The zero-order chi connectivity index (χ0) is 14.0. The lowest BCUT2D eigenvalue weighted by Gasteiger charge is -2.07. The molecular formula is C14H10ClF2NO. The number of hydrogen-bond acceptors (Lipinski definition) is 2. The Hall–Kier alpha value is -1.94. The lowest BCUT2D eigenvalue weighted by atomic mass is 10.0. The number of halogens is 3. The largest absolute Gasteiger partial charge is 0.398 e. The number of carbonyl (C=O) groups is 1. The van der Waals surface area contributed by atoms with E-state index in [1.807, 2.05) is 0 Å². The Bertz CT molecular complexity index is 643. The molecule has 2 nitrogen and oxygen atoms in total. The number of anilines is 1. The van der Waals surface area contributed by atoms with Crippen LogP contribution in [-0.4, -0.2) is 5.78 Å². The molecule has 0 radical (unpaired) electrons. The van der Waals surface area contributed by atoms with Gasteiger partial charge in [0.15, 0.2) is 5.78 Å². The van der Waals surface area contributed by atoms with Gasteiger partial charge in [-0.1, -0.05) is 11.6 Å². The first-order chi connectivity index (χ1) is 8.97. The van der Waals surface area contributed by atoms with Gasteiger partial charge in [0.2, 0.25) is 0 Å². The molecule has 0 saturated heterocycles. The molecule has 0 aliphatic heterocycles. The van der Waals surface area contributed by atoms with E-state index in [0.29, 0.717) is 5.56 Å². The van der Waals surface area contributed by atoms with E-state index in [1.165, 1.54) is 30.3 Å². The van der Waals surface area contributed by atoms with E-state index < -0.39 is 17.4 Å². The first-order valence-electron chi connectivity index (χ1n) is 5.49. The lowest BCUT2D eigenvalue weighted by molar-refractivity contribution is 0.0993. The Morgan fingerprint density at radius 3 is 2.47 bits per heavy atom. The molecular weight excluding hydrogens is 272 g/mol. The van der Waals surface area contributed by atoms with Crippen molar-refractivity contribution < 1.29 is 13.6 Å². The molecule has 0 amide bonds. The first-order valence-corrected chi connectivity index (χ1v) is 5.87. The maximum absolute atomic E-state index is 13.1. The van der Waals surface area contributed by atoms with Crippen molar-refractivity contribution in [2.24, 2.45) is 0 Å². The van der Waals surface area contributed by atoms with Crippen LogP contribution in [0, 0.1) is 11.6 Å². The van der Waals surface area contributed by atoms with Crippen LogP contribution >= 0.6 is 11.6 Å². The second-order valence-electron chi connectivity index (χ2n) is 4.07. The number of benzene rings is 2. The molecule has 0 aromatic heterocycles. The number of ketones is 1. The molecule has 2 rings (SSSR count). The van der Waals surface area contributed by atoms with Gasteiger partial charge in [-0.2, -0.15) is 0 Å². The summed E-state index contributed by atoms with van der Waals surface area (Å²) in [5.41, 5.74) is 6.21. The predicted octanol–water partition coefficient (Wildman–Crippen LogP) is 3.63. The number of rotatable bonds is 3. The van der Waals surface area contributed by atoms with Crippen LogP contribution in [0.2, 0.25) is 5.02 Å². The van der Waals surface area contributed by atoms with E-state index in [9.17, 15) is 13.6 Å². The standard InChI is InChI=1S/C14H10ClF2NO/c15-12-3-1-9(16)5-8(12)6-14(19)11-7-10(17)2-4-13(11)18/h1-5,7H,6,18H2. The number of hydrogen-bond donors (Lipinski definition) is 1. The summed E-state index contributed by atoms with van der Waals surface area (Å²) < 4.78 is 26.2. The third-order valence-corrected chi connectivity index (χ3v) is 3.04. The highest BCUT2D eigenvalue weighted by Crippen LogP contribution is 2.21. The molecule has 0 saturated carbocycles. The average Bonchev–Trinajstić information content (AvgIpc) is 2.36. The topological polar surface area (TPSA) is 43.1 Å². The van der Waals surface area contributed by atoms with Crippen molar-refractivity contribution in [2.75, 3.05) is 5.73 Å². The second kappa shape index (κ2) is 5.36. The minimum absolute atomic E-state index is 0.0697. The second-order valence-corrected chi connectivity index (χ2v) is 4.47. The Morgan fingerprint density at radius 1 is 1.11 bits per heavy atom. The zero-order valence-electron chi connectivity index (χ0n) is 9.79. The van der Waals surface area contributed by atoms with Crippen LogP contribution in [0.25, 0.3) is 0 Å². The van der Waals surface area contributed by atoms with Gasteiger partial charge in [-0.05, 0) is 42.0 Å². The average molecular weight is 282 g/mol. The molecule has 2 aromatic carbocycles. The highest BCUT2D eigenvalue weighted by Gasteiger charge is 2.14. The summed E-state index contributed by atoms with van der Waals surface area (Å²) in [7, 11) is 0. The molecule has 5 heteroatoms. The smallest absolute Gasteiger partial charge is 0.169 e. The molecule has 0 aliphatic carbocycles. The van der Waals surface area contributed by atoms with Gasteiger partial charge < -0.3 is 5.73 Å². The van der Waals surface area contributed by atoms with Crippen molar-refractivity contribution >= 4 is 23.1 Å². The van der Waals surface area contributed by atoms with Crippen LogP contribution in [-0.2, 0) is 6.42 Å². The summed E-state index contributed by atoms with van der Waals surface area (Å²) in [5.74, 6) is -1.45. The van der Waals surface area contributed by atoms with Crippen LogP contribution in [0.1, 0.15) is 15.9 Å². The van der Waals surface area contributed by atoms with Gasteiger partial charge in [0.25, 0.3) is 0 Å². The molecule has 0 fully saturated rings. The molecule has 2 N–H and O–H groups in total. The zero-order valence-corrected chi connectivity index (χ0v) is 10.5. The summed E-state index contributed by atoms with van der Waals surface area (Å²) in [6.07, 6.45) is -0.135. The first kappa shape index (κ1) is 13.5. The molecule has 0 heterocycles. The monoisotopic (exact) mass is 281 g/mol. The summed E-state index contributed by atoms with van der Waals surface area (Å²) >= 11 is 5.87. The van der Waals surface area contributed by atoms with Crippen molar-refractivity contribution in [3.63, 3.8) is 0 Å². The molecule has 0 unspecified atom stereocenters. The van der Waals surface area contributed by atoms with Crippen LogP contribution in [0.15, 0.2) is 36.4 Å². The van der Waals surface area contributed by atoms with Crippen molar-refractivity contribution in [3.8, 4) is 0 Å². The quantitative estimate of drug-likeness (QED) is 0.690. The number of nitrogens with two attached hydrogens (primary N) is 1. The van der Waals surface area contributed by atoms with Gasteiger partial charge in [0, 0.05) is 22.7 Å². The van der Waals surface area contributed by atoms with Gasteiger partial charge in [-0.15, -0.1) is 0 Å². The third kappa shape index (κ3) is 3.09. The van der Waals surface area contributed by atoms with E-state index in [2.05, 4.69) is 0 Å². The fraction of sp³-hybridized carbons (Fsp3) is 0.0714. The highest BCUT2D eigenvalue weighted by atomic mass is 35.5. The van der Waals surface area contributed by atoms with Crippen LogP contribution < -0.4 is 5.73 Å². The third-order valence-electron chi connectivity index (χ3n) is 2.67. The molecule has 19 heavy (non-hydrogen) atoms. The normalized spacial score (nSPS) is 10.5. The molecule has 2 aromatic rings. The fourth-order valence-electron chi connectivity index (χ4n) is 1.72. The van der Waals surface area contributed by atoms with E-state index in [1.54, 1.807) is 0 Å². The predicted molar refractivity (Wildman–Crippen MR) is 70.3 cm³/mol. The number of carbonyl (C=O) groups excluding carboxylic acids is 1. The van der Waals surface area contributed by atoms with Crippen molar-refractivity contribution in [3.05, 3.63) is 64.2 Å². The maximum atomic E-state index is 13.1. The summed E-state index contributed by atoms with van der Waals surface area (Å²) in [6.45, 7) is 0. The van der Waals surface area contributed by atoms with Crippen LogP contribution in [0.3, 0.4) is 0 Å². The summed E-state index contributed by atoms with van der Waals surface area (Å²) in [5, 5.41) is 0.282. The minimum Gasteiger partial charge on any atom is -0.398 e. The molecule has 0 bridgehead atoms.